The van der Waals surface area contributed by atoms with E-state index < -0.39 is 0 Å². The number of nitrogens with one attached hydrogen (secondary N) is 1. The highest BCUT2D eigenvalue weighted by molar-refractivity contribution is 5.85. The van der Waals surface area contributed by atoms with Gasteiger partial charge in [0, 0.05) is 19.0 Å². The summed E-state index contributed by atoms with van der Waals surface area (Å²) >= 11 is 0. The highest BCUT2D eigenvalue weighted by atomic mass is 35.5. The van der Waals surface area contributed by atoms with Crippen LogP contribution in [0.5, 0.6) is 0 Å². The number of piperidine rings is 1. The van der Waals surface area contributed by atoms with Gasteiger partial charge in [-0.3, -0.25) is 4.79 Å². The Morgan fingerprint density at radius 2 is 2.29 bits per heavy atom. The van der Waals surface area contributed by atoms with Crippen molar-refractivity contribution in [3.8, 4) is 0 Å². The van der Waals surface area contributed by atoms with Crippen LogP contribution in [0, 0.1) is 5.92 Å². The topological polar surface area (TPSA) is 32.3 Å². The maximum absolute atomic E-state index is 11.5. The molecule has 0 radical (unpaired) electrons. The Morgan fingerprint density at radius 1 is 1.50 bits per heavy atom. The minimum Gasteiger partial charge on any atom is -0.339 e. The van der Waals surface area contributed by atoms with Crippen molar-refractivity contribution in [2.24, 2.45) is 5.92 Å². The minimum atomic E-state index is 0. The number of hydrogen-bond acceptors (Lipinski definition) is 2. The van der Waals surface area contributed by atoms with Crippen LogP contribution in [-0.4, -0.2) is 36.5 Å². The van der Waals surface area contributed by atoms with Gasteiger partial charge in [-0.2, -0.15) is 0 Å². The molecule has 2 aliphatic heterocycles. The van der Waals surface area contributed by atoms with Crippen LogP contribution in [0.4, 0.5) is 0 Å². The molecule has 0 bridgehead atoms. The first-order chi connectivity index (χ1) is 6.29. The predicted molar refractivity (Wildman–Crippen MR) is 58.6 cm³/mol. The lowest BCUT2D eigenvalue weighted by molar-refractivity contribution is -0.131. The summed E-state index contributed by atoms with van der Waals surface area (Å²) in [6.07, 6.45) is 2.97. The summed E-state index contributed by atoms with van der Waals surface area (Å²) in [5.74, 6) is 0.995. The fourth-order valence-corrected chi connectivity index (χ4v) is 2.48. The van der Waals surface area contributed by atoms with Gasteiger partial charge in [0.15, 0.2) is 0 Å². The third-order valence-corrected chi connectivity index (χ3v) is 3.25. The van der Waals surface area contributed by atoms with Gasteiger partial charge in [-0.05, 0) is 31.8 Å². The van der Waals surface area contributed by atoms with Crippen LogP contribution >= 0.6 is 12.4 Å². The molecule has 3 nitrogen and oxygen atoms in total. The fraction of sp³-hybridized carbons (Fsp3) is 0.900. The summed E-state index contributed by atoms with van der Waals surface area (Å²) in [4.78, 5) is 13.6. The number of likely N-dealkylation sites (tertiary alicyclic amines) is 1. The van der Waals surface area contributed by atoms with Crippen LogP contribution in [0.3, 0.4) is 0 Å². The van der Waals surface area contributed by atoms with Gasteiger partial charge in [-0.25, -0.2) is 0 Å². The predicted octanol–water partition coefficient (Wildman–Crippen LogP) is 1.03. The van der Waals surface area contributed by atoms with Crippen molar-refractivity contribution in [3.63, 3.8) is 0 Å². The summed E-state index contributed by atoms with van der Waals surface area (Å²) in [5, 5.41) is 3.36. The maximum Gasteiger partial charge on any atom is 0.222 e. The quantitative estimate of drug-likeness (QED) is 0.713. The first-order valence-corrected chi connectivity index (χ1v) is 5.29. The Balaban J connectivity index is 0.000000980. The van der Waals surface area contributed by atoms with E-state index in [1.165, 1.54) is 0 Å². The van der Waals surface area contributed by atoms with E-state index in [9.17, 15) is 4.79 Å². The summed E-state index contributed by atoms with van der Waals surface area (Å²) in [7, 11) is 0. The minimum absolute atomic E-state index is 0. The van der Waals surface area contributed by atoms with E-state index in [4.69, 9.17) is 0 Å². The second-order valence-corrected chi connectivity index (χ2v) is 4.23. The van der Waals surface area contributed by atoms with Gasteiger partial charge in [0.2, 0.25) is 5.91 Å². The van der Waals surface area contributed by atoms with E-state index in [1.54, 1.807) is 0 Å². The van der Waals surface area contributed by atoms with Crippen LogP contribution in [0.15, 0.2) is 0 Å². The molecule has 1 amide bonds. The number of carbonyl (C=O) groups excluding carboxylic acids is 1. The highest BCUT2D eigenvalue weighted by Gasteiger charge is 2.32. The molecule has 0 aromatic carbocycles. The van der Waals surface area contributed by atoms with E-state index in [-0.39, 0.29) is 12.4 Å². The van der Waals surface area contributed by atoms with Gasteiger partial charge in [-0.15, -0.1) is 12.4 Å². The number of amides is 1. The molecule has 0 saturated carbocycles. The maximum atomic E-state index is 11.5. The van der Waals surface area contributed by atoms with Crippen LogP contribution in [0.25, 0.3) is 0 Å². The number of nitrogens with zero attached hydrogens (tertiary/aromatic N) is 1. The molecule has 2 rings (SSSR count). The van der Waals surface area contributed by atoms with E-state index in [0.29, 0.717) is 17.9 Å². The van der Waals surface area contributed by atoms with E-state index in [2.05, 4.69) is 17.1 Å². The summed E-state index contributed by atoms with van der Waals surface area (Å²) < 4.78 is 0. The first-order valence-electron chi connectivity index (χ1n) is 5.29. The lowest BCUT2D eigenvalue weighted by atomic mass is 9.94. The van der Waals surface area contributed by atoms with Crippen LogP contribution in [0.2, 0.25) is 0 Å². The molecule has 2 unspecified atom stereocenters. The molecule has 0 aliphatic carbocycles. The number of rotatable bonds is 1. The smallest absolute Gasteiger partial charge is 0.222 e. The molecular formula is C10H19ClN2O. The van der Waals surface area contributed by atoms with Crippen molar-refractivity contribution in [1.29, 1.82) is 0 Å². The van der Waals surface area contributed by atoms with E-state index in [1.807, 2.05) is 0 Å². The molecule has 4 heteroatoms. The number of hydrogen-bond donors (Lipinski definition) is 1. The Bertz CT molecular complexity index is 210. The SMILES string of the molecule is CC1CNCCC1N1CCCC1=O.Cl. The zero-order valence-corrected chi connectivity index (χ0v) is 9.48. The molecule has 0 spiro atoms. The molecule has 0 aromatic heterocycles. The normalized spacial score (nSPS) is 32.9. The largest absolute Gasteiger partial charge is 0.339 e. The van der Waals surface area contributed by atoms with Gasteiger partial charge in [0.05, 0.1) is 0 Å². The Hall–Kier alpha value is -0.280. The molecule has 2 saturated heterocycles. The van der Waals surface area contributed by atoms with Crippen LogP contribution < -0.4 is 5.32 Å². The third kappa shape index (κ3) is 2.20. The zero-order chi connectivity index (χ0) is 9.26. The summed E-state index contributed by atoms with van der Waals surface area (Å²) in [6.45, 7) is 5.36. The second-order valence-electron chi connectivity index (χ2n) is 4.23. The van der Waals surface area contributed by atoms with E-state index in [0.717, 1.165) is 38.9 Å². The van der Waals surface area contributed by atoms with Gasteiger partial charge >= 0.3 is 0 Å². The summed E-state index contributed by atoms with van der Waals surface area (Å²) in [5.41, 5.74) is 0. The Morgan fingerprint density at radius 3 is 2.86 bits per heavy atom. The number of halogens is 1. The molecule has 82 valence electrons. The molecule has 2 heterocycles. The van der Waals surface area contributed by atoms with Gasteiger partial charge in [-0.1, -0.05) is 6.92 Å². The average molecular weight is 219 g/mol. The van der Waals surface area contributed by atoms with Crippen molar-refractivity contribution >= 4 is 18.3 Å². The monoisotopic (exact) mass is 218 g/mol. The van der Waals surface area contributed by atoms with Gasteiger partial charge < -0.3 is 10.2 Å². The van der Waals surface area contributed by atoms with Gasteiger partial charge in [0.25, 0.3) is 0 Å². The van der Waals surface area contributed by atoms with Crippen molar-refractivity contribution in [2.45, 2.75) is 32.2 Å². The molecule has 0 aromatic rings. The van der Waals surface area contributed by atoms with Crippen molar-refractivity contribution < 1.29 is 4.79 Å². The Kier molecular flexibility index (Phi) is 4.20. The third-order valence-electron chi connectivity index (χ3n) is 3.25. The van der Waals surface area contributed by atoms with Crippen molar-refractivity contribution in [2.75, 3.05) is 19.6 Å². The second kappa shape index (κ2) is 4.99. The highest BCUT2D eigenvalue weighted by Crippen LogP contribution is 2.22. The summed E-state index contributed by atoms with van der Waals surface area (Å²) in [6, 6.07) is 0.510. The fourth-order valence-electron chi connectivity index (χ4n) is 2.48. The van der Waals surface area contributed by atoms with E-state index >= 15 is 0 Å². The Labute approximate surface area is 91.6 Å². The molecular weight excluding hydrogens is 200 g/mol. The zero-order valence-electron chi connectivity index (χ0n) is 8.66. The van der Waals surface area contributed by atoms with Crippen LogP contribution in [-0.2, 0) is 4.79 Å². The van der Waals surface area contributed by atoms with Crippen LogP contribution in [0.1, 0.15) is 26.2 Å². The average Bonchev–Trinajstić information content (AvgIpc) is 2.52. The van der Waals surface area contributed by atoms with Gasteiger partial charge in [0.1, 0.15) is 0 Å². The molecule has 2 fully saturated rings. The molecule has 1 N–H and O–H groups in total. The lowest BCUT2D eigenvalue weighted by Crippen LogP contribution is -2.49. The lowest BCUT2D eigenvalue weighted by Gasteiger charge is -2.36. The molecule has 2 atom stereocenters. The molecule has 2 aliphatic rings. The number of carbonyl (C=O) groups is 1. The first kappa shape index (κ1) is 11.8. The molecule has 14 heavy (non-hydrogen) atoms. The standard InChI is InChI=1S/C10H18N2O.ClH/c1-8-7-11-5-4-9(8)12-6-2-3-10(12)13;/h8-9,11H,2-7H2,1H3;1H. The van der Waals surface area contributed by atoms with Crippen molar-refractivity contribution in [3.05, 3.63) is 0 Å². The van der Waals surface area contributed by atoms with Crippen molar-refractivity contribution in [1.82, 2.24) is 10.2 Å².